The minimum Gasteiger partial charge on any atom is -0.507 e. The maximum absolute atomic E-state index is 12.8. The van der Waals surface area contributed by atoms with Crippen LogP contribution in [-0.4, -0.2) is 47.9 Å². The lowest BCUT2D eigenvalue weighted by Gasteiger charge is -2.25. The number of hydrogen-bond donors (Lipinski definition) is 1. The fourth-order valence-electron chi connectivity index (χ4n) is 3.47. The molecule has 2 aromatic carbocycles. The van der Waals surface area contributed by atoms with E-state index < -0.39 is 23.7 Å². The van der Waals surface area contributed by atoms with Crippen LogP contribution < -0.4 is 4.74 Å². The molecule has 1 aliphatic heterocycles. The van der Waals surface area contributed by atoms with Crippen molar-refractivity contribution in [1.82, 2.24) is 4.90 Å². The number of benzene rings is 2. The van der Waals surface area contributed by atoms with Crippen molar-refractivity contribution in [3.8, 4) is 5.75 Å². The molecule has 1 aliphatic rings. The van der Waals surface area contributed by atoms with Crippen molar-refractivity contribution in [2.24, 2.45) is 0 Å². The molecule has 7 nitrogen and oxygen atoms in total. The lowest BCUT2D eigenvalue weighted by atomic mass is 9.95. The van der Waals surface area contributed by atoms with Gasteiger partial charge in [-0.1, -0.05) is 42.5 Å². The van der Waals surface area contributed by atoms with Crippen LogP contribution in [0.5, 0.6) is 5.75 Å². The first kappa shape index (κ1) is 21.3. The van der Waals surface area contributed by atoms with Crippen LogP contribution in [-0.2, 0) is 19.1 Å². The fraction of sp³-hybridized carbons (Fsp3) is 0.261. The maximum atomic E-state index is 12.8. The van der Waals surface area contributed by atoms with Gasteiger partial charge in [0.2, 0.25) is 0 Å². The number of ether oxygens (including phenoxy) is 2. The van der Waals surface area contributed by atoms with Gasteiger partial charge in [0.25, 0.3) is 11.7 Å². The molecule has 0 aliphatic carbocycles. The molecule has 3 rings (SSSR count). The van der Waals surface area contributed by atoms with E-state index in [-0.39, 0.29) is 11.3 Å². The van der Waals surface area contributed by atoms with Crippen molar-refractivity contribution >= 4 is 23.4 Å². The molecule has 1 saturated heterocycles. The summed E-state index contributed by atoms with van der Waals surface area (Å²) >= 11 is 0. The van der Waals surface area contributed by atoms with Gasteiger partial charge in [-0.2, -0.15) is 0 Å². The molecule has 0 saturated carbocycles. The molecule has 1 N–H and O–H groups in total. The van der Waals surface area contributed by atoms with Crippen molar-refractivity contribution in [1.29, 1.82) is 0 Å². The van der Waals surface area contributed by atoms with Gasteiger partial charge in [0.1, 0.15) is 11.5 Å². The summed E-state index contributed by atoms with van der Waals surface area (Å²) in [5.74, 6) is -1.72. The van der Waals surface area contributed by atoms with Gasteiger partial charge in [0.15, 0.2) is 0 Å². The molecule has 156 valence electrons. The van der Waals surface area contributed by atoms with Gasteiger partial charge in [-0.05, 0) is 24.1 Å². The number of aliphatic hydroxyl groups excluding tert-OH is 1. The monoisotopic (exact) mass is 409 g/mol. The van der Waals surface area contributed by atoms with Crippen LogP contribution in [0.4, 0.5) is 0 Å². The molecule has 1 fully saturated rings. The lowest BCUT2D eigenvalue weighted by Crippen LogP contribution is -2.31. The number of hydrogen-bond acceptors (Lipinski definition) is 6. The molecule has 0 spiro atoms. The van der Waals surface area contributed by atoms with Gasteiger partial charge in [0.05, 0.1) is 11.6 Å². The van der Waals surface area contributed by atoms with E-state index in [0.29, 0.717) is 36.4 Å². The number of nitrogens with zero attached hydrogens (tertiary/aromatic N) is 1. The normalized spacial score (nSPS) is 17.9. The van der Waals surface area contributed by atoms with E-state index in [9.17, 15) is 19.5 Å². The molecular formula is C23H23NO6. The molecular weight excluding hydrogens is 386 g/mol. The van der Waals surface area contributed by atoms with Gasteiger partial charge in [-0.3, -0.25) is 14.4 Å². The number of carbonyl (C=O) groups is 3. The third kappa shape index (κ3) is 4.41. The van der Waals surface area contributed by atoms with Gasteiger partial charge >= 0.3 is 5.97 Å². The summed E-state index contributed by atoms with van der Waals surface area (Å²) < 4.78 is 10.1. The molecule has 1 unspecified atom stereocenters. The second-order valence-corrected chi connectivity index (χ2v) is 6.87. The van der Waals surface area contributed by atoms with Gasteiger partial charge in [0, 0.05) is 32.7 Å². The lowest BCUT2D eigenvalue weighted by molar-refractivity contribution is -0.140. The van der Waals surface area contributed by atoms with E-state index in [1.165, 1.54) is 11.8 Å². The van der Waals surface area contributed by atoms with E-state index in [1.807, 2.05) is 0 Å². The summed E-state index contributed by atoms with van der Waals surface area (Å²) in [5.41, 5.74) is 1.11. The SMILES string of the molecule is COCCCN1C(=O)C(=O)/C(=C(\O)c2ccccc2)C1c1ccc(OC(C)=O)cc1. The average molecular weight is 409 g/mol. The van der Waals surface area contributed by atoms with E-state index in [1.54, 1.807) is 61.7 Å². The summed E-state index contributed by atoms with van der Waals surface area (Å²) in [6.07, 6.45) is 0.539. The number of carbonyl (C=O) groups excluding carboxylic acids is 3. The van der Waals surface area contributed by atoms with Crippen LogP contribution in [0.15, 0.2) is 60.2 Å². The zero-order valence-corrected chi connectivity index (χ0v) is 16.8. The first-order valence-electron chi connectivity index (χ1n) is 9.55. The van der Waals surface area contributed by atoms with Crippen molar-refractivity contribution < 1.29 is 29.0 Å². The molecule has 2 aromatic rings. The molecule has 1 heterocycles. The second kappa shape index (κ2) is 9.37. The van der Waals surface area contributed by atoms with Crippen LogP contribution in [0.1, 0.15) is 30.5 Å². The Bertz CT molecular complexity index is 965. The molecule has 0 bridgehead atoms. The Morgan fingerprint density at radius 3 is 2.33 bits per heavy atom. The highest BCUT2D eigenvalue weighted by molar-refractivity contribution is 6.46. The summed E-state index contributed by atoms with van der Waals surface area (Å²) in [7, 11) is 1.56. The van der Waals surface area contributed by atoms with Gasteiger partial charge < -0.3 is 19.5 Å². The van der Waals surface area contributed by atoms with E-state index in [4.69, 9.17) is 9.47 Å². The molecule has 0 aromatic heterocycles. The van der Waals surface area contributed by atoms with E-state index in [2.05, 4.69) is 0 Å². The summed E-state index contributed by atoms with van der Waals surface area (Å²) in [6, 6.07) is 14.4. The van der Waals surface area contributed by atoms with Gasteiger partial charge in [-0.25, -0.2) is 0 Å². The number of Topliss-reactive ketones (excluding diaryl/α,β-unsaturated/α-hetero) is 1. The van der Waals surface area contributed by atoms with Crippen LogP contribution in [0.25, 0.3) is 5.76 Å². The highest BCUT2D eigenvalue weighted by Crippen LogP contribution is 2.39. The number of methoxy groups -OCH3 is 1. The largest absolute Gasteiger partial charge is 0.507 e. The quantitative estimate of drug-likeness (QED) is 0.189. The van der Waals surface area contributed by atoms with Crippen molar-refractivity contribution in [3.05, 3.63) is 71.3 Å². The summed E-state index contributed by atoms with van der Waals surface area (Å²) in [6.45, 7) is 2.03. The highest BCUT2D eigenvalue weighted by atomic mass is 16.5. The Hall–Kier alpha value is -3.45. The molecule has 30 heavy (non-hydrogen) atoms. The Morgan fingerprint density at radius 1 is 1.07 bits per heavy atom. The number of ketones is 1. The number of rotatable bonds is 7. The number of amides is 1. The Morgan fingerprint density at radius 2 is 1.73 bits per heavy atom. The van der Waals surface area contributed by atoms with Gasteiger partial charge in [-0.15, -0.1) is 0 Å². The van der Waals surface area contributed by atoms with Crippen LogP contribution in [0, 0.1) is 0 Å². The predicted molar refractivity (Wildman–Crippen MR) is 110 cm³/mol. The maximum Gasteiger partial charge on any atom is 0.308 e. The Kier molecular flexibility index (Phi) is 6.64. The summed E-state index contributed by atoms with van der Waals surface area (Å²) in [5, 5.41) is 10.9. The van der Waals surface area contributed by atoms with Crippen LogP contribution in [0.3, 0.4) is 0 Å². The minimum atomic E-state index is -0.756. The molecule has 7 heteroatoms. The topological polar surface area (TPSA) is 93.1 Å². The van der Waals surface area contributed by atoms with E-state index >= 15 is 0 Å². The zero-order chi connectivity index (χ0) is 21.7. The summed E-state index contributed by atoms with van der Waals surface area (Å²) in [4.78, 5) is 38.2. The molecule has 0 radical (unpaired) electrons. The van der Waals surface area contributed by atoms with Crippen LogP contribution >= 0.6 is 0 Å². The predicted octanol–water partition coefficient (Wildman–Crippen LogP) is 3.07. The Balaban J connectivity index is 2.06. The highest BCUT2D eigenvalue weighted by Gasteiger charge is 2.45. The second-order valence-electron chi connectivity index (χ2n) is 6.87. The first-order valence-corrected chi connectivity index (χ1v) is 9.55. The minimum absolute atomic E-state index is 0.0313. The smallest absolute Gasteiger partial charge is 0.308 e. The first-order chi connectivity index (χ1) is 14.4. The average Bonchev–Trinajstić information content (AvgIpc) is 2.99. The van der Waals surface area contributed by atoms with Crippen molar-refractivity contribution in [3.63, 3.8) is 0 Å². The third-order valence-corrected chi connectivity index (χ3v) is 4.79. The number of esters is 1. The third-order valence-electron chi connectivity index (χ3n) is 4.79. The Labute approximate surface area is 174 Å². The van der Waals surface area contributed by atoms with Crippen molar-refractivity contribution in [2.45, 2.75) is 19.4 Å². The van der Waals surface area contributed by atoms with Crippen molar-refractivity contribution in [2.75, 3.05) is 20.3 Å². The fourth-order valence-corrected chi connectivity index (χ4v) is 3.47. The van der Waals surface area contributed by atoms with E-state index in [0.717, 1.165) is 0 Å². The zero-order valence-electron chi connectivity index (χ0n) is 16.8. The molecule has 1 atom stereocenters. The standard InChI is InChI=1S/C23H23NO6/c1-15(25)30-18-11-9-16(10-12-18)20-19(21(26)17-7-4-3-5-8-17)22(27)23(28)24(20)13-6-14-29-2/h3-5,7-12,20,26H,6,13-14H2,1-2H3/b21-19-. The number of aliphatic hydroxyl groups is 1. The molecule has 1 amide bonds. The number of likely N-dealkylation sites (tertiary alicyclic amines) is 1. The van der Waals surface area contributed by atoms with Crippen LogP contribution in [0.2, 0.25) is 0 Å².